The third-order valence-corrected chi connectivity index (χ3v) is 6.94. The van der Waals surface area contributed by atoms with E-state index in [0.29, 0.717) is 6.54 Å². The molecule has 5 heteroatoms. The maximum atomic E-state index is 9.68. The number of benzene rings is 2. The van der Waals surface area contributed by atoms with E-state index in [0.717, 1.165) is 63.6 Å². The predicted molar refractivity (Wildman–Crippen MR) is 149 cm³/mol. The first-order valence-corrected chi connectivity index (χ1v) is 12.4. The molecule has 36 heavy (non-hydrogen) atoms. The Morgan fingerprint density at radius 2 is 1.89 bits per heavy atom. The Morgan fingerprint density at radius 1 is 1.06 bits per heavy atom. The van der Waals surface area contributed by atoms with Crippen molar-refractivity contribution in [3.63, 3.8) is 0 Å². The summed E-state index contributed by atoms with van der Waals surface area (Å²) in [4.78, 5) is 11.8. The van der Waals surface area contributed by atoms with Gasteiger partial charge in [0.05, 0.1) is 12.3 Å². The van der Waals surface area contributed by atoms with Gasteiger partial charge < -0.3 is 15.7 Å². The second-order valence-corrected chi connectivity index (χ2v) is 9.73. The molecule has 5 rings (SSSR count). The van der Waals surface area contributed by atoms with Crippen LogP contribution in [0.4, 0.5) is 11.5 Å². The van der Waals surface area contributed by atoms with Gasteiger partial charge in [0, 0.05) is 46.7 Å². The molecule has 0 atom stereocenters. The predicted octanol–water partition coefficient (Wildman–Crippen LogP) is 5.93. The highest BCUT2D eigenvalue weighted by atomic mass is 16.3. The minimum atomic E-state index is -0.245. The second kappa shape index (κ2) is 10.1. The highest BCUT2D eigenvalue weighted by Gasteiger charge is 2.34. The molecule has 0 aliphatic carbocycles. The normalized spacial score (nSPS) is 16.9. The van der Waals surface area contributed by atoms with Crippen molar-refractivity contribution in [2.45, 2.75) is 32.3 Å². The molecule has 2 aromatic carbocycles. The van der Waals surface area contributed by atoms with E-state index in [1.54, 1.807) is 0 Å². The SMILES string of the molecule is CC1(C)C(C=CC=C2C=CN(CCCN)c3ccc(CO)cc32)=Nc2ncc(-c3ccccc3)cc21. The first-order valence-electron chi connectivity index (χ1n) is 12.4. The number of pyridine rings is 1. The summed E-state index contributed by atoms with van der Waals surface area (Å²) in [5.41, 5.74) is 14.1. The number of fused-ring (bicyclic) bond motifs is 2. The number of aliphatic imine (C=N–C) groups is 1. The zero-order valence-electron chi connectivity index (χ0n) is 20.9. The topological polar surface area (TPSA) is 74.7 Å². The maximum absolute atomic E-state index is 9.68. The van der Waals surface area contributed by atoms with Crippen molar-refractivity contribution in [2.24, 2.45) is 10.7 Å². The third-order valence-electron chi connectivity index (χ3n) is 6.94. The molecular weight excluding hydrogens is 444 g/mol. The monoisotopic (exact) mass is 476 g/mol. The molecule has 0 fully saturated rings. The number of allylic oxidation sites excluding steroid dienone is 5. The molecule has 0 bridgehead atoms. The largest absolute Gasteiger partial charge is 0.392 e. The van der Waals surface area contributed by atoms with Crippen LogP contribution in [0.3, 0.4) is 0 Å². The number of hydrogen-bond donors (Lipinski definition) is 2. The number of anilines is 1. The summed E-state index contributed by atoms with van der Waals surface area (Å²) in [5, 5.41) is 9.68. The van der Waals surface area contributed by atoms with E-state index in [2.05, 4.69) is 84.6 Å². The molecule has 5 nitrogen and oxygen atoms in total. The molecule has 3 N–H and O–H groups in total. The second-order valence-electron chi connectivity index (χ2n) is 9.73. The Morgan fingerprint density at radius 3 is 2.67 bits per heavy atom. The molecule has 0 spiro atoms. The van der Waals surface area contributed by atoms with Crippen LogP contribution in [0.5, 0.6) is 0 Å². The molecule has 2 aliphatic heterocycles. The fraction of sp³-hybridized carbons (Fsp3) is 0.226. The van der Waals surface area contributed by atoms with E-state index >= 15 is 0 Å². The lowest BCUT2D eigenvalue weighted by Gasteiger charge is -2.28. The Balaban J connectivity index is 1.42. The zero-order chi connectivity index (χ0) is 25.1. The van der Waals surface area contributed by atoms with Crippen molar-refractivity contribution < 1.29 is 5.11 Å². The van der Waals surface area contributed by atoms with Crippen LogP contribution < -0.4 is 10.6 Å². The van der Waals surface area contributed by atoms with Gasteiger partial charge in [0.2, 0.25) is 0 Å². The Labute approximate surface area is 213 Å². The fourth-order valence-electron chi connectivity index (χ4n) is 4.78. The fourth-order valence-corrected chi connectivity index (χ4v) is 4.78. The number of aliphatic hydroxyl groups is 1. The molecule has 1 aromatic heterocycles. The molecule has 0 radical (unpaired) electrons. The lowest BCUT2D eigenvalue weighted by atomic mass is 9.81. The number of nitrogens with zero attached hydrogens (tertiary/aromatic N) is 3. The summed E-state index contributed by atoms with van der Waals surface area (Å²) < 4.78 is 0. The molecule has 182 valence electrons. The molecule has 0 unspecified atom stereocenters. The van der Waals surface area contributed by atoms with Gasteiger partial charge in [-0.05, 0) is 60.0 Å². The van der Waals surface area contributed by atoms with E-state index in [-0.39, 0.29) is 12.0 Å². The van der Waals surface area contributed by atoms with E-state index in [9.17, 15) is 5.11 Å². The summed E-state index contributed by atoms with van der Waals surface area (Å²) in [6.07, 6.45) is 13.3. The van der Waals surface area contributed by atoms with Crippen LogP contribution in [-0.4, -0.2) is 28.9 Å². The van der Waals surface area contributed by atoms with Crippen molar-refractivity contribution >= 4 is 22.8 Å². The summed E-state index contributed by atoms with van der Waals surface area (Å²) in [7, 11) is 0. The summed E-state index contributed by atoms with van der Waals surface area (Å²) >= 11 is 0. The van der Waals surface area contributed by atoms with Crippen LogP contribution >= 0.6 is 0 Å². The summed E-state index contributed by atoms with van der Waals surface area (Å²) in [6, 6.07) is 18.7. The molecule has 2 aliphatic rings. The zero-order valence-corrected chi connectivity index (χ0v) is 20.9. The van der Waals surface area contributed by atoms with Crippen LogP contribution in [0, 0.1) is 0 Å². The standard InChI is InChI=1S/C31H32N4O/c1-31(2)27-19-25(23-8-4-3-5-9-23)20-33-30(27)34-29(31)11-6-10-24-14-17-35(16-7-15-32)28-13-12-22(21-36)18-26(24)28/h3-6,8-14,17-20,36H,7,15-16,21,32H2,1-2H3. The van der Waals surface area contributed by atoms with Crippen molar-refractivity contribution in [2.75, 3.05) is 18.0 Å². The van der Waals surface area contributed by atoms with E-state index in [1.807, 2.05) is 30.5 Å². The van der Waals surface area contributed by atoms with Crippen LogP contribution in [0.1, 0.15) is 37.0 Å². The van der Waals surface area contributed by atoms with Gasteiger partial charge in [0.25, 0.3) is 0 Å². The van der Waals surface area contributed by atoms with E-state index < -0.39 is 0 Å². The minimum Gasteiger partial charge on any atom is -0.392 e. The van der Waals surface area contributed by atoms with Crippen molar-refractivity contribution in [3.05, 3.63) is 108 Å². The maximum Gasteiger partial charge on any atom is 0.156 e. The quantitative estimate of drug-likeness (QED) is 0.443. The first-order chi connectivity index (χ1) is 17.5. The first kappa shape index (κ1) is 23.9. The van der Waals surface area contributed by atoms with Crippen molar-refractivity contribution in [1.82, 2.24) is 4.98 Å². The van der Waals surface area contributed by atoms with Gasteiger partial charge in [-0.2, -0.15) is 0 Å². The van der Waals surface area contributed by atoms with Crippen molar-refractivity contribution in [1.29, 1.82) is 0 Å². The van der Waals surface area contributed by atoms with Gasteiger partial charge in [-0.15, -0.1) is 0 Å². The van der Waals surface area contributed by atoms with E-state index in [4.69, 9.17) is 10.7 Å². The van der Waals surface area contributed by atoms with Gasteiger partial charge in [-0.1, -0.05) is 62.4 Å². The molecule has 0 saturated carbocycles. The Bertz CT molecular complexity index is 1380. The number of rotatable bonds is 7. The van der Waals surface area contributed by atoms with Crippen LogP contribution in [-0.2, 0) is 12.0 Å². The smallest absolute Gasteiger partial charge is 0.156 e. The van der Waals surface area contributed by atoms with Gasteiger partial charge in [-0.25, -0.2) is 9.98 Å². The number of nitrogens with two attached hydrogens (primary N) is 1. The van der Waals surface area contributed by atoms with Crippen LogP contribution in [0.25, 0.3) is 16.7 Å². The van der Waals surface area contributed by atoms with Gasteiger partial charge in [-0.3, -0.25) is 0 Å². The Kier molecular flexibility index (Phi) is 6.68. The third kappa shape index (κ3) is 4.55. The molecule has 3 aromatic rings. The highest BCUT2D eigenvalue weighted by Crippen LogP contribution is 2.41. The Hall–Kier alpha value is -3.80. The molecular formula is C31H32N4O. The van der Waals surface area contributed by atoms with Crippen LogP contribution in [0.15, 0.2) is 96.3 Å². The lowest BCUT2D eigenvalue weighted by Crippen LogP contribution is -2.24. The van der Waals surface area contributed by atoms with Crippen LogP contribution in [0.2, 0.25) is 0 Å². The number of hydrogen-bond acceptors (Lipinski definition) is 5. The molecule has 0 saturated heterocycles. The number of aromatic nitrogens is 1. The van der Waals surface area contributed by atoms with Gasteiger partial charge >= 0.3 is 0 Å². The number of aliphatic hydroxyl groups excluding tert-OH is 1. The average molecular weight is 477 g/mol. The van der Waals surface area contributed by atoms with Crippen molar-refractivity contribution in [3.8, 4) is 11.1 Å². The average Bonchev–Trinajstić information content (AvgIpc) is 3.17. The van der Waals surface area contributed by atoms with E-state index in [1.165, 1.54) is 0 Å². The minimum absolute atomic E-state index is 0.0180. The van der Waals surface area contributed by atoms with Gasteiger partial charge in [0.1, 0.15) is 0 Å². The lowest BCUT2D eigenvalue weighted by molar-refractivity contribution is 0.282. The molecule has 3 heterocycles. The molecule has 0 amide bonds. The summed E-state index contributed by atoms with van der Waals surface area (Å²) in [6.45, 7) is 5.93. The summed E-state index contributed by atoms with van der Waals surface area (Å²) in [5.74, 6) is 0.790. The highest BCUT2D eigenvalue weighted by molar-refractivity contribution is 6.08. The van der Waals surface area contributed by atoms with Gasteiger partial charge in [0.15, 0.2) is 5.82 Å².